The fourth-order valence-electron chi connectivity index (χ4n) is 4.05. The molecule has 5 N–H and O–H groups in total. The third kappa shape index (κ3) is 6.54. The molecule has 0 radical (unpaired) electrons. The first kappa shape index (κ1) is 27.6. The van der Waals surface area contributed by atoms with E-state index in [4.69, 9.17) is 15.5 Å². The summed E-state index contributed by atoms with van der Waals surface area (Å²) < 4.78 is 28.8. The predicted molar refractivity (Wildman–Crippen MR) is 156 cm³/mol. The maximum absolute atomic E-state index is 12.7. The number of nitrogen functional groups attached to an aromatic ring is 1. The van der Waals surface area contributed by atoms with Gasteiger partial charge in [-0.1, -0.05) is 24.8 Å². The summed E-state index contributed by atoms with van der Waals surface area (Å²) in [6.07, 6.45) is 6.30. The standard InChI is InChI=1S/C27H31N7O4S/c1-4-18(12-13-29-2)24-25(33-26(32-24)34-14-16-38-17-15-34)21-6-5-7-22(23(21)28)31-27(35)30-19-8-10-20(11-9-19)39(3,36)37/h4-13H,1,14-17,28H2,2-3H3,(H,32,33)(H2,30,31,35)/b18-12+,29-13?. The number of ether oxygens (including phenoxy) is 1. The number of amides is 2. The second-order valence-electron chi connectivity index (χ2n) is 8.76. The molecular formula is C27H31N7O4S. The summed E-state index contributed by atoms with van der Waals surface area (Å²) in [5, 5.41) is 5.46. The van der Waals surface area contributed by atoms with E-state index < -0.39 is 15.9 Å². The highest BCUT2D eigenvalue weighted by Gasteiger charge is 2.22. The number of hydrogen-bond acceptors (Lipinski definition) is 8. The van der Waals surface area contributed by atoms with E-state index in [1.807, 2.05) is 12.1 Å². The van der Waals surface area contributed by atoms with Crippen molar-refractivity contribution in [2.24, 2.45) is 4.99 Å². The molecule has 2 aromatic carbocycles. The molecule has 1 aliphatic heterocycles. The van der Waals surface area contributed by atoms with Crippen molar-refractivity contribution in [3.05, 3.63) is 66.9 Å². The lowest BCUT2D eigenvalue weighted by molar-refractivity contribution is 0.122. The largest absolute Gasteiger partial charge is 0.396 e. The number of urea groups is 1. The number of nitrogens with two attached hydrogens (primary N) is 1. The van der Waals surface area contributed by atoms with Gasteiger partial charge in [0.25, 0.3) is 0 Å². The zero-order valence-electron chi connectivity index (χ0n) is 21.8. The Labute approximate surface area is 227 Å². The van der Waals surface area contributed by atoms with Crippen LogP contribution >= 0.6 is 0 Å². The molecule has 0 unspecified atom stereocenters. The minimum Gasteiger partial charge on any atom is -0.396 e. The number of aliphatic imine (C=N–C) groups is 1. The number of sulfone groups is 1. The van der Waals surface area contributed by atoms with Crippen LogP contribution in [0.4, 0.5) is 27.8 Å². The maximum Gasteiger partial charge on any atom is 0.323 e. The van der Waals surface area contributed by atoms with E-state index in [1.54, 1.807) is 31.5 Å². The first-order valence-corrected chi connectivity index (χ1v) is 14.1. The van der Waals surface area contributed by atoms with Gasteiger partial charge in [0.1, 0.15) is 0 Å². The topological polar surface area (TPSA) is 155 Å². The minimum atomic E-state index is -3.34. The molecule has 0 bridgehead atoms. The molecule has 0 spiro atoms. The number of benzene rings is 2. The molecular weight excluding hydrogens is 518 g/mol. The van der Waals surface area contributed by atoms with Crippen LogP contribution in [0.3, 0.4) is 0 Å². The molecule has 2 amide bonds. The van der Waals surface area contributed by atoms with E-state index in [9.17, 15) is 13.2 Å². The molecule has 1 fully saturated rings. The number of imidazole rings is 1. The molecule has 204 valence electrons. The van der Waals surface area contributed by atoms with Crippen molar-refractivity contribution in [3.8, 4) is 11.3 Å². The van der Waals surface area contributed by atoms with Crippen LogP contribution in [0, 0.1) is 0 Å². The van der Waals surface area contributed by atoms with Gasteiger partial charge in [-0.15, -0.1) is 0 Å². The van der Waals surface area contributed by atoms with E-state index in [0.29, 0.717) is 66.3 Å². The molecule has 39 heavy (non-hydrogen) atoms. The van der Waals surface area contributed by atoms with Crippen LogP contribution in [-0.4, -0.2) is 70.2 Å². The molecule has 0 aliphatic carbocycles. The SMILES string of the molecule is C=C/C(=C\C=NC)c1nc(N2CCOCC2)[nH]c1-c1cccc(NC(=O)Nc2ccc(S(C)(=O)=O)cc2)c1N. The Morgan fingerprint density at radius 2 is 1.90 bits per heavy atom. The number of aromatic nitrogens is 2. The third-order valence-electron chi connectivity index (χ3n) is 6.06. The van der Waals surface area contributed by atoms with Crippen LogP contribution in [0.25, 0.3) is 16.8 Å². The monoisotopic (exact) mass is 549 g/mol. The number of nitrogens with zero attached hydrogens (tertiary/aromatic N) is 3. The number of morpholine rings is 1. The van der Waals surface area contributed by atoms with Crippen LogP contribution in [0.5, 0.6) is 0 Å². The van der Waals surface area contributed by atoms with E-state index in [2.05, 4.69) is 32.1 Å². The smallest absolute Gasteiger partial charge is 0.323 e. The number of H-pyrrole nitrogens is 1. The highest BCUT2D eigenvalue weighted by atomic mass is 32.2. The lowest BCUT2D eigenvalue weighted by Gasteiger charge is -2.26. The van der Waals surface area contributed by atoms with Crippen molar-refractivity contribution >= 4 is 50.7 Å². The third-order valence-corrected chi connectivity index (χ3v) is 7.19. The predicted octanol–water partition coefficient (Wildman–Crippen LogP) is 3.81. The summed E-state index contributed by atoms with van der Waals surface area (Å²) in [4.78, 5) is 27.3. The quantitative estimate of drug-likeness (QED) is 0.189. The summed E-state index contributed by atoms with van der Waals surface area (Å²) in [6.45, 7) is 6.53. The summed E-state index contributed by atoms with van der Waals surface area (Å²) >= 11 is 0. The van der Waals surface area contributed by atoms with Gasteiger partial charge < -0.3 is 31.0 Å². The van der Waals surface area contributed by atoms with Crippen LogP contribution in [0.2, 0.25) is 0 Å². The molecule has 1 aliphatic rings. The average molecular weight is 550 g/mol. The fourth-order valence-corrected chi connectivity index (χ4v) is 4.68. The number of anilines is 4. The van der Waals surface area contributed by atoms with Crippen molar-refractivity contribution in [3.63, 3.8) is 0 Å². The van der Waals surface area contributed by atoms with Gasteiger partial charge in [-0.25, -0.2) is 18.2 Å². The Kier molecular flexibility index (Phi) is 8.47. The van der Waals surface area contributed by atoms with Gasteiger partial charge in [0.2, 0.25) is 5.95 Å². The highest BCUT2D eigenvalue weighted by molar-refractivity contribution is 7.90. The Morgan fingerprint density at radius 3 is 2.54 bits per heavy atom. The van der Waals surface area contributed by atoms with Crippen molar-refractivity contribution in [2.75, 3.05) is 60.9 Å². The molecule has 11 nitrogen and oxygen atoms in total. The lowest BCUT2D eigenvalue weighted by atomic mass is 10.0. The van der Waals surface area contributed by atoms with E-state index in [1.165, 1.54) is 24.3 Å². The van der Waals surface area contributed by atoms with Gasteiger partial charge in [-0.3, -0.25) is 4.99 Å². The molecule has 3 aromatic rings. The van der Waals surface area contributed by atoms with Crippen LogP contribution < -0.4 is 21.3 Å². The van der Waals surface area contributed by atoms with E-state index in [0.717, 1.165) is 11.8 Å². The van der Waals surface area contributed by atoms with Crippen molar-refractivity contribution < 1.29 is 17.9 Å². The Morgan fingerprint density at radius 1 is 1.18 bits per heavy atom. The number of hydrogen-bond donors (Lipinski definition) is 4. The molecule has 1 aromatic heterocycles. The van der Waals surface area contributed by atoms with Crippen molar-refractivity contribution in [2.45, 2.75) is 4.90 Å². The Balaban J connectivity index is 1.64. The first-order chi connectivity index (χ1) is 18.7. The zero-order chi connectivity index (χ0) is 28.0. The average Bonchev–Trinajstić information content (AvgIpc) is 3.36. The normalized spacial score (nSPS) is 14.4. The lowest BCUT2D eigenvalue weighted by Crippen LogP contribution is -2.36. The summed E-state index contributed by atoms with van der Waals surface area (Å²) in [7, 11) is -1.65. The number of rotatable bonds is 8. The van der Waals surface area contributed by atoms with Crippen molar-refractivity contribution in [1.82, 2.24) is 9.97 Å². The first-order valence-electron chi connectivity index (χ1n) is 12.2. The van der Waals surface area contributed by atoms with Gasteiger partial charge >= 0.3 is 6.03 Å². The summed E-state index contributed by atoms with van der Waals surface area (Å²) in [5.74, 6) is 0.678. The van der Waals surface area contributed by atoms with Crippen LogP contribution in [-0.2, 0) is 14.6 Å². The number of carbonyl (C=O) groups is 1. The second kappa shape index (κ2) is 12.0. The van der Waals surface area contributed by atoms with Gasteiger partial charge in [0.15, 0.2) is 9.84 Å². The Bertz CT molecular complexity index is 1520. The van der Waals surface area contributed by atoms with Gasteiger partial charge in [0.05, 0.1) is 40.9 Å². The van der Waals surface area contributed by atoms with Gasteiger partial charge in [0, 0.05) is 49.4 Å². The number of allylic oxidation sites excluding steroid dienone is 3. The molecule has 0 saturated carbocycles. The fraction of sp³-hybridized carbons (Fsp3) is 0.222. The molecule has 0 atom stereocenters. The Hall–Kier alpha value is -4.42. The molecule has 1 saturated heterocycles. The van der Waals surface area contributed by atoms with Gasteiger partial charge in [-0.05, 0) is 36.4 Å². The molecule has 12 heteroatoms. The highest BCUT2D eigenvalue weighted by Crippen LogP contribution is 2.37. The van der Waals surface area contributed by atoms with E-state index in [-0.39, 0.29) is 4.90 Å². The molecule has 4 rings (SSSR count). The zero-order valence-corrected chi connectivity index (χ0v) is 22.6. The van der Waals surface area contributed by atoms with Crippen molar-refractivity contribution in [1.29, 1.82) is 0 Å². The van der Waals surface area contributed by atoms with Crippen LogP contribution in [0.15, 0.2) is 71.1 Å². The number of aromatic amines is 1. The molecule has 2 heterocycles. The van der Waals surface area contributed by atoms with E-state index >= 15 is 0 Å². The van der Waals surface area contributed by atoms with Crippen LogP contribution in [0.1, 0.15) is 5.69 Å². The second-order valence-corrected chi connectivity index (χ2v) is 10.8. The minimum absolute atomic E-state index is 0.162. The maximum atomic E-state index is 12.7. The summed E-state index contributed by atoms with van der Waals surface area (Å²) in [5.41, 5.74) is 10.4. The number of para-hydroxylation sites is 1. The number of carbonyl (C=O) groups excluding carboxylic acids is 1. The van der Waals surface area contributed by atoms with Gasteiger partial charge in [-0.2, -0.15) is 0 Å². The summed E-state index contributed by atoms with van der Waals surface area (Å²) in [6, 6.07) is 10.7. The number of nitrogens with one attached hydrogen (secondary N) is 3.